The summed E-state index contributed by atoms with van der Waals surface area (Å²) in [6.07, 6.45) is 3.69. The fourth-order valence-corrected chi connectivity index (χ4v) is 2.35. The average molecular weight is 269 g/mol. The van der Waals surface area contributed by atoms with Gasteiger partial charge < -0.3 is 10.1 Å². The predicted molar refractivity (Wildman–Crippen MR) is 71.4 cm³/mol. The van der Waals surface area contributed by atoms with Crippen LogP contribution in [0.5, 0.6) is 5.75 Å². The molecule has 0 heterocycles. The second kappa shape index (κ2) is 5.87. The molecule has 1 aliphatic rings. The number of alkyl halides is 2. The van der Waals surface area contributed by atoms with E-state index in [1.807, 2.05) is 19.1 Å². The zero-order valence-electron chi connectivity index (χ0n) is 11.5. The van der Waals surface area contributed by atoms with Gasteiger partial charge in [-0.3, -0.25) is 0 Å². The van der Waals surface area contributed by atoms with Crippen molar-refractivity contribution in [2.24, 2.45) is 5.41 Å². The fourth-order valence-electron chi connectivity index (χ4n) is 2.35. The molecule has 1 aromatic rings. The first kappa shape index (κ1) is 14.3. The van der Waals surface area contributed by atoms with Crippen LogP contribution in [0.1, 0.15) is 44.7 Å². The molecule has 1 atom stereocenters. The van der Waals surface area contributed by atoms with Crippen molar-refractivity contribution in [1.82, 2.24) is 5.32 Å². The van der Waals surface area contributed by atoms with E-state index in [4.69, 9.17) is 0 Å². The highest BCUT2D eigenvalue weighted by Crippen LogP contribution is 2.48. The monoisotopic (exact) mass is 269 g/mol. The van der Waals surface area contributed by atoms with Crippen LogP contribution < -0.4 is 10.1 Å². The Morgan fingerprint density at radius 2 is 2.00 bits per heavy atom. The number of benzene rings is 1. The quantitative estimate of drug-likeness (QED) is 0.803. The highest BCUT2D eigenvalue weighted by Gasteiger charge is 2.40. The van der Waals surface area contributed by atoms with Crippen molar-refractivity contribution < 1.29 is 13.5 Å². The molecule has 2 nitrogen and oxygen atoms in total. The van der Waals surface area contributed by atoms with Crippen molar-refractivity contribution in [2.75, 3.05) is 6.54 Å². The molecule has 1 aromatic carbocycles. The predicted octanol–water partition coefficient (Wildman–Crippen LogP) is 4.13. The van der Waals surface area contributed by atoms with E-state index in [0.717, 1.165) is 12.1 Å². The summed E-state index contributed by atoms with van der Waals surface area (Å²) in [5.74, 6) is 0.263. The molecule has 0 radical (unpaired) electrons. The molecule has 106 valence electrons. The minimum absolute atomic E-state index is 0.0129. The first-order valence-electron chi connectivity index (χ1n) is 6.83. The molecule has 4 heteroatoms. The summed E-state index contributed by atoms with van der Waals surface area (Å²) in [5, 5.41) is 3.44. The minimum Gasteiger partial charge on any atom is -0.434 e. The van der Waals surface area contributed by atoms with Gasteiger partial charge >= 0.3 is 6.61 Å². The van der Waals surface area contributed by atoms with Gasteiger partial charge in [0, 0.05) is 18.2 Å². The molecule has 0 saturated heterocycles. The van der Waals surface area contributed by atoms with Gasteiger partial charge in [-0.05, 0) is 37.7 Å². The number of halogens is 2. The number of rotatable bonds is 7. The van der Waals surface area contributed by atoms with Crippen molar-refractivity contribution in [2.45, 2.75) is 45.8 Å². The van der Waals surface area contributed by atoms with Crippen LogP contribution >= 0.6 is 0 Å². The Labute approximate surface area is 113 Å². The van der Waals surface area contributed by atoms with Gasteiger partial charge in [0.2, 0.25) is 0 Å². The van der Waals surface area contributed by atoms with Crippen LogP contribution in [0.15, 0.2) is 24.3 Å². The summed E-state index contributed by atoms with van der Waals surface area (Å²) in [6.45, 7) is 2.35. The Morgan fingerprint density at radius 1 is 1.32 bits per heavy atom. The largest absolute Gasteiger partial charge is 0.434 e. The lowest BCUT2D eigenvalue weighted by atomic mass is 10.0. The fraction of sp³-hybridized carbons (Fsp3) is 0.600. The molecule has 1 N–H and O–H groups in total. The average Bonchev–Trinajstić information content (AvgIpc) is 3.17. The van der Waals surface area contributed by atoms with E-state index >= 15 is 0 Å². The number of ether oxygens (including phenoxy) is 1. The Morgan fingerprint density at radius 3 is 2.58 bits per heavy atom. The zero-order chi connectivity index (χ0) is 13.9. The molecule has 1 saturated carbocycles. The number of hydrogen-bond acceptors (Lipinski definition) is 2. The van der Waals surface area contributed by atoms with Crippen LogP contribution in [0.4, 0.5) is 8.78 Å². The van der Waals surface area contributed by atoms with Gasteiger partial charge in [-0.1, -0.05) is 25.1 Å². The van der Waals surface area contributed by atoms with E-state index in [9.17, 15) is 8.78 Å². The lowest BCUT2D eigenvalue weighted by Crippen LogP contribution is -2.27. The Bertz CT molecular complexity index is 418. The first-order chi connectivity index (χ1) is 9.06. The standard InChI is InChI=1S/C15H21F2NO/c1-3-15(8-9-15)10-18-11(2)12-6-4-5-7-13(12)19-14(16)17/h4-7,11,14,18H,3,8-10H2,1-2H3. The van der Waals surface area contributed by atoms with Gasteiger partial charge in [-0.2, -0.15) is 8.78 Å². The van der Waals surface area contributed by atoms with Crippen molar-refractivity contribution in [3.63, 3.8) is 0 Å². The topological polar surface area (TPSA) is 21.3 Å². The molecule has 0 aromatic heterocycles. The SMILES string of the molecule is CCC1(CNC(C)c2ccccc2OC(F)F)CC1. The Balaban J connectivity index is 1.99. The van der Waals surface area contributed by atoms with Gasteiger partial charge in [-0.15, -0.1) is 0 Å². The van der Waals surface area contributed by atoms with Crippen LogP contribution in [0.2, 0.25) is 0 Å². The number of nitrogens with one attached hydrogen (secondary N) is 1. The third-order valence-electron chi connectivity index (χ3n) is 4.09. The van der Waals surface area contributed by atoms with Gasteiger partial charge in [-0.25, -0.2) is 0 Å². The lowest BCUT2D eigenvalue weighted by Gasteiger charge is -2.21. The highest BCUT2D eigenvalue weighted by molar-refractivity contribution is 5.35. The highest BCUT2D eigenvalue weighted by atomic mass is 19.3. The maximum absolute atomic E-state index is 12.4. The third kappa shape index (κ3) is 3.66. The van der Waals surface area contributed by atoms with Crippen molar-refractivity contribution in [3.05, 3.63) is 29.8 Å². The number of para-hydroxylation sites is 1. The first-order valence-corrected chi connectivity index (χ1v) is 6.83. The van der Waals surface area contributed by atoms with Crippen LogP contribution in [-0.2, 0) is 0 Å². The molecule has 0 bridgehead atoms. The van der Waals surface area contributed by atoms with E-state index in [-0.39, 0.29) is 11.8 Å². The van der Waals surface area contributed by atoms with Gasteiger partial charge in [0.25, 0.3) is 0 Å². The molecular formula is C15H21F2NO. The van der Waals surface area contributed by atoms with E-state index in [1.54, 1.807) is 12.1 Å². The van der Waals surface area contributed by atoms with E-state index in [2.05, 4.69) is 17.0 Å². The van der Waals surface area contributed by atoms with Crippen LogP contribution in [0.3, 0.4) is 0 Å². The Hall–Kier alpha value is -1.16. The molecular weight excluding hydrogens is 248 g/mol. The third-order valence-corrected chi connectivity index (χ3v) is 4.09. The smallest absolute Gasteiger partial charge is 0.387 e. The molecule has 0 spiro atoms. The summed E-state index contributed by atoms with van der Waals surface area (Å²) in [7, 11) is 0. The summed E-state index contributed by atoms with van der Waals surface area (Å²) in [4.78, 5) is 0. The molecule has 1 fully saturated rings. The maximum Gasteiger partial charge on any atom is 0.387 e. The molecule has 0 aliphatic heterocycles. The van der Waals surface area contributed by atoms with Crippen molar-refractivity contribution in [1.29, 1.82) is 0 Å². The van der Waals surface area contributed by atoms with Gasteiger partial charge in [0.15, 0.2) is 0 Å². The van der Waals surface area contributed by atoms with E-state index < -0.39 is 6.61 Å². The van der Waals surface area contributed by atoms with Crippen LogP contribution in [-0.4, -0.2) is 13.2 Å². The molecule has 1 unspecified atom stereocenters. The Kier molecular flexibility index (Phi) is 4.40. The van der Waals surface area contributed by atoms with Crippen LogP contribution in [0, 0.1) is 5.41 Å². The van der Waals surface area contributed by atoms with Crippen LogP contribution in [0.25, 0.3) is 0 Å². The number of hydrogen-bond donors (Lipinski definition) is 1. The van der Waals surface area contributed by atoms with Crippen molar-refractivity contribution >= 4 is 0 Å². The van der Waals surface area contributed by atoms with Gasteiger partial charge in [0.05, 0.1) is 0 Å². The van der Waals surface area contributed by atoms with Crippen molar-refractivity contribution in [3.8, 4) is 5.75 Å². The molecule has 1 aliphatic carbocycles. The maximum atomic E-state index is 12.4. The summed E-state index contributed by atoms with van der Waals surface area (Å²) in [5.41, 5.74) is 1.22. The normalized spacial score (nSPS) is 18.4. The molecule has 19 heavy (non-hydrogen) atoms. The second-order valence-corrected chi connectivity index (χ2v) is 5.37. The summed E-state index contributed by atoms with van der Waals surface area (Å²) in [6, 6.07) is 6.99. The minimum atomic E-state index is -2.78. The zero-order valence-corrected chi connectivity index (χ0v) is 11.5. The lowest BCUT2D eigenvalue weighted by molar-refractivity contribution is -0.0506. The van der Waals surface area contributed by atoms with Gasteiger partial charge in [0.1, 0.15) is 5.75 Å². The molecule has 0 amide bonds. The van der Waals surface area contributed by atoms with E-state index in [1.165, 1.54) is 19.3 Å². The summed E-state index contributed by atoms with van der Waals surface area (Å²) >= 11 is 0. The molecule has 2 rings (SSSR count). The van der Waals surface area contributed by atoms with E-state index in [0.29, 0.717) is 5.41 Å². The summed E-state index contributed by atoms with van der Waals surface area (Å²) < 4.78 is 29.3. The second-order valence-electron chi connectivity index (χ2n) is 5.37.